The van der Waals surface area contributed by atoms with Crippen molar-refractivity contribution in [3.8, 4) is 5.69 Å². The van der Waals surface area contributed by atoms with Gasteiger partial charge in [-0.3, -0.25) is 9.59 Å². The Kier molecular flexibility index (Phi) is 4.41. The molecule has 10 nitrogen and oxygen atoms in total. The van der Waals surface area contributed by atoms with Gasteiger partial charge in [-0.2, -0.15) is 5.10 Å². The lowest BCUT2D eigenvalue weighted by Gasteiger charge is -2.35. The Morgan fingerprint density at radius 2 is 2.03 bits per heavy atom. The third-order valence-corrected chi connectivity index (χ3v) is 6.35. The SMILES string of the molecule is [2H]C([2H])([2H])CC(=O)c1cnc(NC(=O)C2CC2)cc1Nc1cccc2c1N(C)[C@@H](C)c1nn(C)c(=O)n1-2. The van der Waals surface area contributed by atoms with Crippen molar-refractivity contribution in [3.05, 3.63) is 52.3 Å². The number of aromatic nitrogens is 4. The van der Waals surface area contributed by atoms with E-state index in [1.54, 1.807) is 23.7 Å². The maximum absolute atomic E-state index is 12.9. The summed E-state index contributed by atoms with van der Waals surface area (Å²) in [4.78, 5) is 44.3. The molecule has 1 aliphatic carbocycles. The molecule has 1 fully saturated rings. The molecule has 2 N–H and O–H groups in total. The molecule has 1 aliphatic heterocycles. The molecule has 1 saturated carbocycles. The topological polar surface area (TPSA) is 114 Å². The first-order valence-electron chi connectivity index (χ1n) is 12.6. The van der Waals surface area contributed by atoms with Crippen molar-refractivity contribution in [3.63, 3.8) is 0 Å². The van der Waals surface area contributed by atoms with Crippen molar-refractivity contribution in [2.45, 2.75) is 39.1 Å². The maximum atomic E-state index is 12.9. The van der Waals surface area contributed by atoms with E-state index in [0.717, 1.165) is 12.8 Å². The van der Waals surface area contributed by atoms with Gasteiger partial charge in [0, 0.05) is 42.8 Å². The number of nitrogens with one attached hydrogen (secondary N) is 2. The van der Waals surface area contributed by atoms with E-state index in [2.05, 4.69) is 20.7 Å². The highest BCUT2D eigenvalue weighted by molar-refractivity contribution is 6.03. The summed E-state index contributed by atoms with van der Waals surface area (Å²) in [5.41, 5.74) is 2.01. The number of nitrogens with zero attached hydrogens (tertiary/aromatic N) is 5. The van der Waals surface area contributed by atoms with Crippen LogP contribution < -0.4 is 21.2 Å². The number of carbonyl (C=O) groups excluding carboxylic acids is 2. The van der Waals surface area contributed by atoms with Gasteiger partial charge in [0.05, 0.1) is 34.4 Å². The van der Waals surface area contributed by atoms with Gasteiger partial charge in [0.2, 0.25) is 5.91 Å². The van der Waals surface area contributed by atoms with E-state index in [1.165, 1.54) is 16.9 Å². The monoisotopic (exact) mass is 464 g/mol. The highest BCUT2D eigenvalue weighted by atomic mass is 16.2. The molecule has 0 unspecified atom stereocenters. The van der Waals surface area contributed by atoms with Crippen LogP contribution in [0.25, 0.3) is 5.69 Å². The quantitative estimate of drug-likeness (QED) is 0.539. The van der Waals surface area contributed by atoms with Crippen molar-refractivity contribution >= 4 is 34.6 Å². The fourth-order valence-electron chi connectivity index (χ4n) is 4.19. The predicted molar refractivity (Wildman–Crippen MR) is 129 cm³/mol. The van der Waals surface area contributed by atoms with Gasteiger partial charge in [-0.25, -0.2) is 19.0 Å². The number of pyridine rings is 1. The van der Waals surface area contributed by atoms with Gasteiger partial charge in [0.1, 0.15) is 5.82 Å². The molecule has 34 heavy (non-hydrogen) atoms. The fraction of sp³-hybridized carbons (Fsp3) is 0.375. The van der Waals surface area contributed by atoms with Gasteiger partial charge in [-0.1, -0.05) is 12.9 Å². The van der Waals surface area contributed by atoms with Gasteiger partial charge >= 0.3 is 5.69 Å². The van der Waals surface area contributed by atoms with E-state index in [4.69, 9.17) is 4.11 Å². The number of hydrogen-bond acceptors (Lipinski definition) is 7. The van der Waals surface area contributed by atoms with E-state index < -0.39 is 19.1 Å². The third kappa shape index (κ3) is 3.55. The summed E-state index contributed by atoms with van der Waals surface area (Å²) in [7, 11) is 3.48. The molecule has 1 aromatic carbocycles. The molecule has 176 valence electrons. The molecule has 2 aliphatic rings. The van der Waals surface area contributed by atoms with Crippen LogP contribution in [0.5, 0.6) is 0 Å². The molecule has 1 atom stereocenters. The largest absolute Gasteiger partial charge is 0.361 e. The van der Waals surface area contributed by atoms with Crippen LogP contribution in [0.1, 0.15) is 59.4 Å². The molecule has 1 amide bonds. The van der Waals surface area contributed by atoms with Gasteiger partial charge in [-0.05, 0) is 31.9 Å². The molecule has 0 spiro atoms. The number of carbonyl (C=O) groups is 2. The number of Topliss-reactive ketones (excluding diaryl/α,β-unsaturated/α-hetero) is 1. The van der Waals surface area contributed by atoms with Crippen LogP contribution >= 0.6 is 0 Å². The van der Waals surface area contributed by atoms with Crippen LogP contribution in [0.15, 0.2) is 35.3 Å². The lowest BCUT2D eigenvalue weighted by atomic mass is 10.1. The second kappa shape index (κ2) is 8.12. The summed E-state index contributed by atoms with van der Waals surface area (Å²) in [6.45, 7) is -0.520. The Morgan fingerprint density at radius 3 is 2.76 bits per heavy atom. The number of amides is 1. The average Bonchev–Trinajstić information content (AvgIpc) is 3.62. The van der Waals surface area contributed by atoms with E-state index in [9.17, 15) is 14.4 Å². The number of ketones is 1. The smallest absolute Gasteiger partial charge is 0.350 e. The minimum Gasteiger partial charge on any atom is -0.361 e. The zero-order valence-corrected chi connectivity index (χ0v) is 19.1. The first kappa shape index (κ1) is 18.5. The number of aryl methyl sites for hydroxylation is 1. The molecule has 0 radical (unpaired) electrons. The number of hydrogen-bond donors (Lipinski definition) is 2. The van der Waals surface area contributed by atoms with Crippen LogP contribution in [0.2, 0.25) is 0 Å². The van der Waals surface area contributed by atoms with Crippen molar-refractivity contribution in [1.29, 1.82) is 0 Å². The normalized spacial score (nSPS) is 18.3. The lowest BCUT2D eigenvalue weighted by molar-refractivity contribution is -0.117. The zero-order valence-electron chi connectivity index (χ0n) is 22.1. The average molecular weight is 465 g/mol. The lowest BCUT2D eigenvalue weighted by Crippen LogP contribution is -2.34. The first-order chi connectivity index (χ1) is 17.4. The van der Waals surface area contributed by atoms with Crippen molar-refractivity contribution < 1.29 is 13.7 Å². The molecule has 0 saturated heterocycles. The second-order valence-electron chi connectivity index (χ2n) is 8.66. The minimum atomic E-state index is -2.45. The fourth-order valence-corrected chi connectivity index (χ4v) is 4.19. The highest BCUT2D eigenvalue weighted by Crippen LogP contribution is 2.42. The number of rotatable bonds is 6. The highest BCUT2D eigenvalue weighted by Gasteiger charge is 2.32. The maximum Gasteiger partial charge on any atom is 0.350 e. The van der Waals surface area contributed by atoms with Crippen LogP contribution in [0.3, 0.4) is 0 Å². The minimum absolute atomic E-state index is 0.0432. The molecule has 5 rings (SSSR count). The van der Waals surface area contributed by atoms with E-state index >= 15 is 0 Å². The first-order valence-corrected chi connectivity index (χ1v) is 11.1. The molecule has 2 aromatic heterocycles. The Morgan fingerprint density at radius 1 is 1.24 bits per heavy atom. The third-order valence-electron chi connectivity index (χ3n) is 6.35. The predicted octanol–water partition coefficient (Wildman–Crippen LogP) is 3.16. The molecule has 0 bridgehead atoms. The van der Waals surface area contributed by atoms with Crippen LogP contribution in [0, 0.1) is 5.92 Å². The van der Waals surface area contributed by atoms with E-state index in [-0.39, 0.29) is 34.9 Å². The Balaban J connectivity index is 1.59. The van der Waals surface area contributed by atoms with Gasteiger partial charge in [0.15, 0.2) is 11.6 Å². The Bertz CT molecular complexity index is 1470. The van der Waals surface area contributed by atoms with Gasteiger partial charge < -0.3 is 15.5 Å². The summed E-state index contributed by atoms with van der Waals surface area (Å²) >= 11 is 0. The molecular weight excluding hydrogens is 434 g/mol. The van der Waals surface area contributed by atoms with Crippen molar-refractivity contribution in [2.75, 3.05) is 22.6 Å². The van der Waals surface area contributed by atoms with Crippen molar-refractivity contribution in [2.24, 2.45) is 13.0 Å². The summed E-state index contributed by atoms with van der Waals surface area (Å²) in [6, 6.07) is 6.68. The Labute approximate surface area is 200 Å². The van der Waals surface area contributed by atoms with Crippen molar-refractivity contribution in [1.82, 2.24) is 19.3 Å². The van der Waals surface area contributed by atoms with Gasteiger partial charge in [-0.15, -0.1) is 0 Å². The Hall–Kier alpha value is -3.95. The summed E-state index contributed by atoms with van der Waals surface area (Å²) in [5.74, 6) is 0.0594. The van der Waals surface area contributed by atoms with E-state index in [0.29, 0.717) is 28.6 Å². The number of fused-ring (bicyclic) bond motifs is 3. The van der Waals surface area contributed by atoms with Crippen LogP contribution in [-0.4, -0.2) is 38.1 Å². The zero-order chi connectivity index (χ0) is 26.6. The summed E-state index contributed by atoms with van der Waals surface area (Å²) in [6.07, 6.45) is 2.27. The second-order valence-corrected chi connectivity index (χ2v) is 8.66. The van der Waals surface area contributed by atoms with Gasteiger partial charge in [0.25, 0.3) is 0 Å². The number of para-hydroxylation sites is 1. The van der Waals surface area contributed by atoms with Crippen LogP contribution in [-0.2, 0) is 11.8 Å². The standard InChI is InChI=1S/C24H27N7O3/c1-5-19(32)15-12-25-20(27-23(33)14-9-10-14)11-17(15)26-16-7-6-8-18-21(16)29(3)13(2)22-28-30(4)24(34)31(18)22/h6-8,11-14H,5,9-10H2,1-4H3,(H2,25,26,27,33)/t13-/m0/s1/i1D3. The summed E-state index contributed by atoms with van der Waals surface area (Å²) < 4.78 is 25.4. The number of anilines is 4. The molecule has 10 heteroatoms. The summed E-state index contributed by atoms with van der Waals surface area (Å²) in [5, 5.41) is 10.4. The number of benzene rings is 1. The van der Waals surface area contributed by atoms with Crippen LogP contribution in [0.4, 0.5) is 22.9 Å². The molecular formula is C24H27N7O3. The molecule has 3 heterocycles. The van der Waals surface area contributed by atoms with E-state index in [1.807, 2.05) is 24.9 Å². The molecule has 3 aromatic rings.